The van der Waals surface area contributed by atoms with Gasteiger partial charge in [-0.25, -0.2) is 13.8 Å². The molecule has 0 aliphatic carbocycles. The minimum Gasteiger partial charge on any atom is -0.380 e. The molecular formula is C14H23F2N3O. The molecule has 6 heteroatoms. The zero-order valence-corrected chi connectivity index (χ0v) is 12.5. The molecule has 0 radical (unpaired) electrons. The highest BCUT2D eigenvalue weighted by atomic mass is 19.1. The topological polar surface area (TPSA) is 46.2 Å². The van der Waals surface area contributed by atoms with Gasteiger partial charge in [-0.2, -0.15) is 0 Å². The van der Waals surface area contributed by atoms with Crippen LogP contribution in [0.5, 0.6) is 0 Å². The molecular weight excluding hydrogens is 264 g/mol. The Balaban J connectivity index is 2.90. The summed E-state index contributed by atoms with van der Waals surface area (Å²) in [6, 6.07) is 0.752. The maximum Gasteiger partial charge on any atom is 0.168 e. The van der Waals surface area contributed by atoms with Crippen LogP contribution in [0, 0.1) is 17.6 Å². The summed E-state index contributed by atoms with van der Waals surface area (Å²) >= 11 is 0. The Bertz CT molecular complexity index is 427. The van der Waals surface area contributed by atoms with E-state index in [9.17, 15) is 8.78 Å². The number of nitrogens with zero attached hydrogens (tertiary/aromatic N) is 1. The van der Waals surface area contributed by atoms with Crippen LogP contribution in [-0.2, 0) is 4.74 Å². The van der Waals surface area contributed by atoms with E-state index in [0.29, 0.717) is 19.8 Å². The summed E-state index contributed by atoms with van der Waals surface area (Å²) in [7, 11) is 0. The van der Waals surface area contributed by atoms with Crippen LogP contribution in [0.2, 0.25) is 0 Å². The summed E-state index contributed by atoms with van der Waals surface area (Å²) in [6.07, 6.45) is 0. The molecule has 4 nitrogen and oxygen atoms in total. The number of rotatable bonds is 8. The number of hydrogen-bond acceptors (Lipinski definition) is 4. The molecule has 114 valence electrons. The van der Waals surface area contributed by atoms with Gasteiger partial charge >= 0.3 is 0 Å². The number of pyridine rings is 1. The van der Waals surface area contributed by atoms with Gasteiger partial charge in [0, 0.05) is 19.2 Å². The molecule has 0 amide bonds. The van der Waals surface area contributed by atoms with Gasteiger partial charge in [0.15, 0.2) is 23.3 Å². The number of halogens is 2. The van der Waals surface area contributed by atoms with E-state index < -0.39 is 11.6 Å². The van der Waals surface area contributed by atoms with Crippen molar-refractivity contribution in [1.29, 1.82) is 0 Å². The molecule has 1 atom stereocenters. The Morgan fingerprint density at radius 2 is 1.85 bits per heavy atom. The zero-order valence-electron chi connectivity index (χ0n) is 12.5. The lowest BCUT2D eigenvalue weighted by atomic mass is 10.1. The Morgan fingerprint density at radius 3 is 2.40 bits per heavy atom. The first-order valence-electron chi connectivity index (χ1n) is 6.93. The van der Waals surface area contributed by atoms with E-state index in [1.165, 1.54) is 0 Å². The number of nitrogens with one attached hydrogen (secondary N) is 2. The average molecular weight is 287 g/mol. The Kier molecular flexibility index (Phi) is 6.64. The normalized spacial score (nSPS) is 12.6. The average Bonchev–Trinajstić information content (AvgIpc) is 2.39. The number of hydrogen-bond donors (Lipinski definition) is 2. The molecule has 0 fully saturated rings. The third kappa shape index (κ3) is 4.59. The second kappa shape index (κ2) is 7.99. The summed E-state index contributed by atoms with van der Waals surface area (Å²) < 4.78 is 32.6. The van der Waals surface area contributed by atoms with Crippen LogP contribution < -0.4 is 10.6 Å². The summed E-state index contributed by atoms with van der Waals surface area (Å²) in [5, 5.41) is 5.75. The first-order chi connectivity index (χ1) is 9.49. The van der Waals surface area contributed by atoms with Gasteiger partial charge in [0.2, 0.25) is 0 Å². The van der Waals surface area contributed by atoms with Gasteiger partial charge in [-0.1, -0.05) is 13.8 Å². The van der Waals surface area contributed by atoms with Gasteiger partial charge < -0.3 is 15.4 Å². The molecule has 0 aliphatic rings. The van der Waals surface area contributed by atoms with Crippen molar-refractivity contribution < 1.29 is 13.5 Å². The predicted octanol–water partition coefficient (Wildman–Crippen LogP) is 3.26. The van der Waals surface area contributed by atoms with Gasteiger partial charge in [0.05, 0.1) is 12.6 Å². The van der Waals surface area contributed by atoms with Gasteiger partial charge in [-0.05, 0) is 19.8 Å². The Hall–Kier alpha value is -1.43. The van der Waals surface area contributed by atoms with Crippen molar-refractivity contribution in [1.82, 2.24) is 4.98 Å². The summed E-state index contributed by atoms with van der Waals surface area (Å²) in [5.74, 6) is -1.07. The monoisotopic (exact) mass is 287 g/mol. The highest BCUT2D eigenvalue weighted by Crippen LogP contribution is 2.21. The van der Waals surface area contributed by atoms with E-state index in [2.05, 4.69) is 15.6 Å². The van der Waals surface area contributed by atoms with Crippen LogP contribution in [0.25, 0.3) is 0 Å². The van der Waals surface area contributed by atoms with Crippen molar-refractivity contribution in [2.24, 2.45) is 5.92 Å². The largest absolute Gasteiger partial charge is 0.380 e. The van der Waals surface area contributed by atoms with Crippen LogP contribution >= 0.6 is 0 Å². The summed E-state index contributed by atoms with van der Waals surface area (Å²) in [6.45, 7) is 9.28. The van der Waals surface area contributed by atoms with Crippen LogP contribution in [-0.4, -0.2) is 30.8 Å². The van der Waals surface area contributed by atoms with Crippen molar-refractivity contribution >= 4 is 11.6 Å². The molecule has 1 aromatic rings. The Labute approximate surface area is 118 Å². The van der Waals surface area contributed by atoms with Crippen molar-refractivity contribution in [2.45, 2.75) is 33.7 Å². The van der Waals surface area contributed by atoms with Crippen LogP contribution in [0.15, 0.2) is 6.07 Å². The molecule has 1 heterocycles. The molecule has 20 heavy (non-hydrogen) atoms. The second-order valence-corrected chi connectivity index (χ2v) is 4.83. The first kappa shape index (κ1) is 16.6. The molecule has 0 bridgehead atoms. The Morgan fingerprint density at radius 1 is 1.20 bits per heavy atom. The quantitative estimate of drug-likeness (QED) is 0.770. The SMILES string of the molecule is CCNc1nc(NC(COCC)C(C)C)c(F)cc1F. The third-order valence-electron chi connectivity index (χ3n) is 2.90. The lowest BCUT2D eigenvalue weighted by molar-refractivity contribution is 0.126. The number of anilines is 2. The van der Waals surface area contributed by atoms with E-state index in [4.69, 9.17) is 4.74 Å². The molecule has 1 unspecified atom stereocenters. The van der Waals surface area contributed by atoms with Crippen LogP contribution in [0.1, 0.15) is 27.7 Å². The number of aromatic nitrogens is 1. The molecule has 2 N–H and O–H groups in total. The van der Waals surface area contributed by atoms with E-state index in [1.54, 1.807) is 0 Å². The van der Waals surface area contributed by atoms with Gasteiger partial charge in [0.25, 0.3) is 0 Å². The lowest BCUT2D eigenvalue weighted by Crippen LogP contribution is -2.32. The third-order valence-corrected chi connectivity index (χ3v) is 2.90. The van der Waals surface area contributed by atoms with E-state index in [1.807, 2.05) is 27.7 Å². The van der Waals surface area contributed by atoms with Crippen LogP contribution in [0.3, 0.4) is 0 Å². The van der Waals surface area contributed by atoms with Crippen molar-refractivity contribution in [3.8, 4) is 0 Å². The highest BCUT2D eigenvalue weighted by molar-refractivity contribution is 5.48. The van der Waals surface area contributed by atoms with Crippen molar-refractivity contribution in [3.63, 3.8) is 0 Å². The molecule has 1 rings (SSSR count). The fourth-order valence-electron chi connectivity index (χ4n) is 1.68. The van der Waals surface area contributed by atoms with E-state index >= 15 is 0 Å². The second-order valence-electron chi connectivity index (χ2n) is 4.83. The lowest BCUT2D eigenvalue weighted by Gasteiger charge is -2.23. The molecule has 0 spiro atoms. The molecule has 0 aromatic carbocycles. The minimum atomic E-state index is -0.702. The summed E-state index contributed by atoms with van der Waals surface area (Å²) in [4.78, 5) is 3.96. The van der Waals surface area contributed by atoms with Crippen molar-refractivity contribution in [3.05, 3.63) is 17.7 Å². The molecule has 0 aliphatic heterocycles. The standard InChI is InChI=1S/C14H23F2N3O/c1-5-17-13-10(15)7-11(16)14(19-13)18-12(9(3)4)8-20-6-2/h7,9,12H,5-6,8H2,1-4H3,(H2,17,18,19). The smallest absolute Gasteiger partial charge is 0.168 e. The fraction of sp³-hybridized carbons (Fsp3) is 0.643. The maximum absolute atomic E-state index is 13.8. The number of ether oxygens (including phenoxy) is 1. The first-order valence-corrected chi connectivity index (χ1v) is 6.93. The van der Waals surface area contributed by atoms with Crippen molar-refractivity contribution in [2.75, 3.05) is 30.4 Å². The van der Waals surface area contributed by atoms with E-state index in [0.717, 1.165) is 6.07 Å². The van der Waals surface area contributed by atoms with Gasteiger partial charge in [0.1, 0.15) is 0 Å². The maximum atomic E-state index is 13.8. The van der Waals surface area contributed by atoms with Gasteiger partial charge in [-0.3, -0.25) is 0 Å². The highest BCUT2D eigenvalue weighted by Gasteiger charge is 2.18. The molecule has 0 saturated carbocycles. The van der Waals surface area contributed by atoms with Crippen LogP contribution in [0.4, 0.5) is 20.4 Å². The molecule has 1 aromatic heterocycles. The predicted molar refractivity (Wildman–Crippen MR) is 77.1 cm³/mol. The fourth-order valence-corrected chi connectivity index (χ4v) is 1.68. The molecule has 0 saturated heterocycles. The minimum absolute atomic E-state index is 0.0424. The summed E-state index contributed by atoms with van der Waals surface area (Å²) in [5.41, 5.74) is 0. The zero-order chi connectivity index (χ0) is 15.1. The van der Waals surface area contributed by atoms with Gasteiger partial charge in [-0.15, -0.1) is 0 Å². The van der Waals surface area contributed by atoms with E-state index in [-0.39, 0.29) is 23.6 Å².